The van der Waals surface area contributed by atoms with Crippen LogP contribution in [0.15, 0.2) is 46.0 Å². The maximum absolute atomic E-state index is 12.6. The van der Waals surface area contributed by atoms with Gasteiger partial charge in [0.1, 0.15) is 11.8 Å². The van der Waals surface area contributed by atoms with Crippen LogP contribution in [-0.2, 0) is 14.8 Å². The molecule has 9 nitrogen and oxygen atoms in total. The van der Waals surface area contributed by atoms with E-state index >= 15 is 0 Å². The van der Waals surface area contributed by atoms with Crippen LogP contribution < -0.4 is 23.9 Å². The van der Waals surface area contributed by atoms with E-state index in [0.29, 0.717) is 33.0 Å². The molecule has 160 valence electrons. The van der Waals surface area contributed by atoms with E-state index in [9.17, 15) is 13.2 Å². The van der Waals surface area contributed by atoms with Crippen LogP contribution in [0.2, 0.25) is 0 Å². The van der Waals surface area contributed by atoms with Crippen LogP contribution >= 0.6 is 15.9 Å². The van der Waals surface area contributed by atoms with Gasteiger partial charge in [0.2, 0.25) is 16.8 Å². The molecule has 0 saturated carbocycles. The number of carbonyl (C=O) groups excluding carboxylic acids is 1. The summed E-state index contributed by atoms with van der Waals surface area (Å²) in [5.41, 5.74) is 3.37. The Labute approximate surface area is 182 Å². The van der Waals surface area contributed by atoms with Crippen LogP contribution in [0.1, 0.15) is 12.5 Å². The van der Waals surface area contributed by atoms with Crippen molar-refractivity contribution in [3.63, 3.8) is 0 Å². The first-order chi connectivity index (χ1) is 14.2. The van der Waals surface area contributed by atoms with Gasteiger partial charge in [-0.2, -0.15) is 5.10 Å². The van der Waals surface area contributed by atoms with Crippen LogP contribution in [0.5, 0.6) is 17.2 Å². The lowest BCUT2D eigenvalue weighted by Gasteiger charge is -2.27. The Kier molecular flexibility index (Phi) is 6.52. The summed E-state index contributed by atoms with van der Waals surface area (Å²) in [6, 6.07) is 8.79. The second-order valence-electron chi connectivity index (χ2n) is 6.39. The third-order valence-electron chi connectivity index (χ3n) is 4.29. The van der Waals surface area contributed by atoms with E-state index in [1.807, 2.05) is 0 Å². The molecule has 0 bridgehead atoms. The normalized spacial score (nSPS) is 13.9. The summed E-state index contributed by atoms with van der Waals surface area (Å²) in [4.78, 5) is 12.6. The molecular weight excluding hydrogens is 478 g/mol. The molecule has 2 aromatic carbocycles. The number of nitrogens with one attached hydrogen (secondary N) is 1. The van der Waals surface area contributed by atoms with Gasteiger partial charge in [-0.25, -0.2) is 13.8 Å². The topological polar surface area (TPSA) is 107 Å². The summed E-state index contributed by atoms with van der Waals surface area (Å²) >= 11 is 3.40. The molecule has 0 saturated heterocycles. The van der Waals surface area contributed by atoms with E-state index in [1.165, 1.54) is 20.2 Å². The fraction of sp³-hybridized carbons (Fsp3) is 0.263. The lowest BCUT2D eigenvalue weighted by atomic mass is 10.2. The van der Waals surface area contributed by atoms with Crippen molar-refractivity contribution in [2.75, 3.05) is 24.5 Å². The van der Waals surface area contributed by atoms with Crippen LogP contribution in [0, 0.1) is 0 Å². The molecule has 0 spiro atoms. The highest BCUT2D eigenvalue weighted by Gasteiger charge is 2.29. The van der Waals surface area contributed by atoms with E-state index in [0.717, 1.165) is 10.6 Å². The van der Waals surface area contributed by atoms with Crippen molar-refractivity contribution < 1.29 is 27.4 Å². The number of hydrazone groups is 1. The number of nitrogens with zero attached hydrogens (tertiary/aromatic N) is 2. The fourth-order valence-corrected chi connectivity index (χ4v) is 4.43. The van der Waals surface area contributed by atoms with Crippen molar-refractivity contribution in [2.45, 2.75) is 13.0 Å². The predicted molar refractivity (Wildman–Crippen MR) is 116 cm³/mol. The van der Waals surface area contributed by atoms with Crippen LogP contribution in [-0.4, -0.2) is 46.7 Å². The number of hydrogen-bond donors (Lipinski definition) is 1. The summed E-state index contributed by atoms with van der Waals surface area (Å²) < 4.78 is 42.1. The highest BCUT2D eigenvalue weighted by Crippen LogP contribution is 2.36. The lowest BCUT2D eigenvalue weighted by molar-refractivity contribution is -0.121. The van der Waals surface area contributed by atoms with E-state index in [1.54, 1.807) is 36.4 Å². The highest BCUT2D eigenvalue weighted by molar-refractivity contribution is 9.10. The largest absolute Gasteiger partial charge is 0.497 e. The Bertz CT molecular complexity index is 1070. The average Bonchev–Trinajstić information content (AvgIpc) is 3.14. The van der Waals surface area contributed by atoms with Gasteiger partial charge < -0.3 is 14.2 Å². The number of anilines is 1. The van der Waals surface area contributed by atoms with E-state index in [4.69, 9.17) is 14.2 Å². The van der Waals surface area contributed by atoms with Gasteiger partial charge in [0.05, 0.1) is 25.3 Å². The number of halogens is 1. The van der Waals surface area contributed by atoms with Gasteiger partial charge in [0.15, 0.2) is 11.5 Å². The van der Waals surface area contributed by atoms with Crippen molar-refractivity contribution in [3.8, 4) is 17.2 Å². The Morgan fingerprint density at radius 3 is 2.50 bits per heavy atom. The van der Waals surface area contributed by atoms with Gasteiger partial charge in [-0.3, -0.25) is 9.10 Å². The zero-order valence-corrected chi connectivity index (χ0v) is 18.9. The summed E-state index contributed by atoms with van der Waals surface area (Å²) in [5.74, 6) is 1.16. The minimum absolute atomic E-state index is 0.142. The number of methoxy groups -OCH3 is 1. The summed E-state index contributed by atoms with van der Waals surface area (Å²) in [6.45, 7) is 1.62. The van der Waals surface area contributed by atoms with E-state index in [-0.39, 0.29) is 6.79 Å². The van der Waals surface area contributed by atoms with Gasteiger partial charge in [-0.05, 0) is 59.3 Å². The Morgan fingerprint density at radius 1 is 1.27 bits per heavy atom. The minimum Gasteiger partial charge on any atom is -0.497 e. The molecule has 11 heteroatoms. The average molecular weight is 498 g/mol. The second-order valence-corrected chi connectivity index (χ2v) is 9.11. The Morgan fingerprint density at radius 2 is 1.90 bits per heavy atom. The monoisotopic (exact) mass is 497 g/mol. The smallest absolute Gasteiger partial charge is 0.263 e. The van der Waals surface area contributed by atoms with E-state index < -0.39 is 22.0 Å². The number of fused-ring (bicyclic) bond motifs is 1. The van der Waals surface area contributed by atoms with E-state index in [2.05, 4.69) is 26.5 Å². The number of hydrogen-bond acceptors (Lipinski definition) is 7. The molecule has 0 radical (unpaired) electrons. The van der Waals surface area contributed by atoms with Gasteiger partial charge in [0, 0.05) is 10.0 Å². The zero-order chi connectivity index (χ0) is 21.9. The van der Waals surface area contributed by atoms with Gasteiger partial charge in [-0.15, -0.1) is 0 Å². The molecule has 0 aromatic heterocycles. The summed E-state index contributed by atoms with van der Waals surface area (Å²) in [6.07, 6.45) is 2.46. The van der Waals surface area contributed by atoms with Crippen molar-refractivity contribution in [3.05, 3.63) is 46.4 Å². The highest BCUT2D eigenvalue weighted by atomic mass is 79.9. The van der Waals surface area contributed by atoms with Gasteiger partial charge >= 0.3 is 0 Å². The first-order valence-corrected chi connectivity index (χ1v) is 11.4. The Hall–Kier alpha value is -2.79. The number of ether oxygens (including phenoxy) is 3. The fourth-order valence-electron chi connectivity index (χ4n) is 2.83. The molecule has 30 heavy (non-hydrogen) atoms. The molecule has 1 amide bonds. The summed E-state index contributed by atoms with van der Waals surface area (Å²) in [7, 11) is -2.22. The van der Waals surface area contributed by atoms with Crippen molar-refractivity contribution in [1.82, 2.24) is 5.43 Å². The summed E-state index contributed by atoms with van der Waals surface area (Å²) in [5, 5.41) is 3.94. The predicted octanol–water partition coefficient (Wildman–Crippen LogP) is 2.49. The van der Waals surface area contributed by atoms with Crippen molar-refractivity contribution in [1.29, 1.82) is 0 Å². The van der Waals surface area contributed by atoms with Crippen LogP contribution in [0.3, 0.4) is 0 Å². The lowest BCUT2D eigenvalue weighted by Crippen LogP contribution is -2.46. The molecule has 0 aliphatic carbocycles. The first kappa shape index (κ1) is 21.9. The maximum Gasteiger partial charge on any atom is 0.263 e. The standard InChI is InChI=1S/C19H20BrN3O6S/c1-12(23(30(3,25)26)14-4-6-15(27-2)7-5-14)19(24)22-21-10-13-8-17-18(9-16(13)20)29-11-28-17/h4-10,12H,11H2,1-3H3,(H,22,24)/b21-10-/t12-/m1/s1. The Balaban J connectivity index is 1.75. The first-order valence-electron chi connectivity index (χ1n) is 8.76. The molecule has 2 aromatic rings. The zero-order valence-electron chi connectivity index (χ0n) is 16.5. The molecule has 1 atom stereocenters. The number of benzene rings is 2. The number of carbonyl (C=O) groups is 1. The molecule has 1 aliphatic rings. The second kappa shape index (κ2) is 8.92. The van der Waals surface area contributed by atoms with Crippen LogP contribution in [0.25, 0.3) is 0 Å². The molecule has 3 rings (SSSR count). The van der Waals surface area contributed by atoms with Gasteiger partial charge in [-0.1, -0.05) is 0 Å². The molecule has 0 unspecified atom stereocenters. The van der Waals surface area contributed by atoms with Crippen molar-refractivity contribution in [2.24, 2.45) is 5.10 Å². The molecule has 0 fully saturated rings. The molecule has 1 aliphatic heterocycles. The molecular formula is C19H20BrN3O6S. The number of rotatable bonds is 7. The maximum atomic E-state index is 12.6. The third kappa shape index (κ3) is 4.85. The quantitative estimate of drug-likeness (QED) is 0.465. The van der Waals surface area contributed by atoms with Crippen molar-refractivity contribution >= 4 is 43.8 Å². The third-order valence-corrected chi connectivity index (χ3v) is 6.21. The SMILES string of the molecule is COc1ccc(N([C@H](C)C(=O)N/N=C\c2cc3c(cc2Br)OCO3)S(C)(=O)=O)cc1. The number of sulfonamides is 1. The molecule has 1 heterocycles. The number of amides is 1. The minimum atomic E-state index is -3.73. The van der Waals surface area contributed by atoms with Crippen LogP contribution in [0.4, 0.5) is 5.69 Å². The van der Waals surface area contributed by atoms with Gasteiger partial charge in [0.25, 0.3) is 5.91 Å². The molecule has 1 N–H and O–H groups in total.